The van der Waals surface area contributed by atoms with E-state index in [1.807, 2.05) is 6.92 Å². The number of nitrogens with one attached hydrogen (secondary N) is 1. The zero-order valence-corrected chi connectivity index (χ0v) is 16.3. The number of hydrogen-bond donors (Lipinski definition) is 2. The van der Waals surface area contributed by atoms with Gasteiger partial charge in [0.1, 0.15) is 11.1 Å². The predicted octanol–water partition coefficient (Wildman–Crippen LogP) is 3.30. The van der Waals surface area contributed by atoms with Gasteiger partial charge in [0.25, 0.3) is 11.5 Å². The Kier molecular flexibility index (Phi) is 4.66. The molecule has 130 valence electrons. The largest absolute Gasteiger partial charge is 0.439 e. The van der Waals surface area contributed by atoms with Crippen LogP contribution in [-0.4, -0.2) is 24.6 Å². The molecule has 3 aromatic rings. The number of carbonyl (C=O) groups excluding carboxylic acids is 1. The summed E-state index contributed by atoms with van der Waals surface area (Å²) in [5.41, 5.74) is 2.13. The summed E-state index contributed by atoms with van der Waals surface area (Å²) in [6.07, 6.45) is 1.60. The van der Waals surface area contributed by atoms with E-state index in [0.29, 0.717) is 16.5 Å². The van der Waals surface area contributed by atoms with Crippen LogP contribution in [0, 0.1) is 6.92 Å². The summed E-state index contributed by atoms with van der Waals surface area (Å²) < 4.78 is 9.61. The minimum Gasteiger partial charge on any atom is -0.439 e. The van der Waals surface area contributed by atoms with Crippen LogP contribution < -0.4 is 15.2 Å². The summed E-state index contributed by atoms with van der Waals surface area (Å²) in [6.45, 7) is 1.83. The molecule has 0 radical (unpaired) electrons. The monoisotopic (exact) mass is 421 g/mol. The summed E-state index contributed by atoms with van der Waals surface area (Å²) in [5.74, 6) is -0.148. The van der Waals surface area contributed by atoms with Gasteiger partial charge in [-0.3, -0.25) is 14.2 Å². The minimum atomic E-state index is -0.333. The van der Waals surface area contributed by atoms with Gasteiger partial charge in [-0.1, -0.05) is 12.8 Å². The average Bonchev–Trinajstić information content (AvgIpc) is 2.91. The maximum Gasteiger partial charge on any atom is 0.257 e. The van der Waals surface area contributed by atoms with Crippen molar-refractivity contribution >= 4 is 51.3 Å². The second-order valence-corrected chi connectivity index (χ2v) is 7.05. The number of anilines is 1. The first-order chi connectivity index (χ1) is 11.8. The minimum absolute atomic E-state index is 0.185. The highest BCUT2D eigenvalue weighted by Gasteiger charge is 2.23. The molecule has 0 fully saturated rings. The molecule has 0 unspecified atom stereocenters. The molecular weight excluding hydrogens is 406 g/mol. The zero-order valence-electron chi connectivity index (χ0n) is 13.8. The molecular formula is C17H16BrN3O3S. The number of thiol groups is 1. The lowest BCUT2D eigenvalue weighted by atomic mass is 10.1. The van der Waals surface area contributed by atoms with Gasteiger partial charge in [-0.2, -0.15) is 0 Å². The number of aryl methyl sites for hydroxylation is 1. The highest BCUT2D eigenvalue weighted by Crippen LogP contribution is 2.36. The van der Waals surface area contributed by atoms with Crippen LogP contribution in [-0.2, 0) is 0 Å². The fraction of sp³-hybridized carbons (Fsp3) is 0.176. The maximum absolute atomic E-state index is 12.5. The summed E-state index contributed by atoms with van der Waals surface area (Å²) in [6, 6.07) is 6.82. The second-order valence-electron chi connectivity index (χ2n) is 5.60. The van der Waals surface area contributed by atoms with E-state index in [-0.39, 0.29) is 17.4 Å². The summed E-state index contributed by atoms with van der Waals surface area (Å²) >= 11 is 7.78. The Labute approximate surface area is 158 Å². The normalized spacial score (nSPS) is 10.9. The molecule has 8 heteroatoms. The molecule has 0 bridgehead atoms. The van der Waals surface area contributed by atoms with Crippen molar-refractivity contribution in [3.8, 4) is 5.88 Å². The van der Waals surface area contributed by atoms with E-state index in [1.54, 1.807) is 35.7 Å². The first kappa shape index (κ1) is 17.6. The predicted molar refractivity (Wildman–Crippen MR) is 105 cm³/mol. The Morgan fingerprint density at radius 3 is 2.68 bits per heavy atom. The van der Waals surface area contributed by atoms with Crippen LogP contribution in [0.25, 0.3) is 16.9 Å². The summed E-state index contributed by atoms with van der Waals surface area (Å²) in [4.78, 5) is 24.8. The third-order valence-corrected chi connectivity index (χ3v) is 4.69. The molecule has 0 aliphatic heterocycles. The number of furan rings is 1. The van der Waals surface area contributed by atoms with Gasteiger partial charge >= 0.3 is 0 Å². The maximum atomic E-state index is 12.5. The first-order valence-corrected chi connectivity index (χ1v) is 8.63. The van der Waals surface area contributed by atoms with E-state index >= 15 is 0 Å². The van der Waals surface area contributed by atoms with E-state index in [2.05, 4.69) is 34.1 Å². The lowest BCUT2D eigenvalue weighted by molar-refractivity contribution is 0.0964. The molecule has 0 atom stereocenters. The molecule has 0 aliphatic rings. The van der Waals surface area contributed by atoms with Crippen LogP contribution in [0.2, 0.25) is 0 Å². The molecule has 2 heterocycles. The number of amides is 1. The molecule has 6 nitrogen and oxygen atoms in total. The van der Waals surface area contributed by atoms with Crippen LogP contribution in [0.15, 0.2) is 44.1 Å². The van der Waals surface area contributed by atoms with Crippen molar-refractivity contribution in [2.75, 3.05) is 18.4 Å². The number of carbonyl (C=O) groups is 1. The lowest BCUT2D eigenvalue weighted by Crippen LogP contribution is -2.23. The number of benzene rings is 1. The molecule has 1 N–H and O–H groups in total. The molecule has 2 aromatic heterocycles. The molecule has 0 saturated carbocycles. The standard InChI is InChI=1S/C17H16BrN3O3S/c1-9-4-5-21(14(22)6-9)17-15(16(23)19-2)10-7-11(18)12(20(3)25)8-13(10)24-17/h4-8,25H,1-3H3,(H,19,23). The van der Waals surface area contributed by atoms with Gasteiger partial charge in [0, 0.05) is 42.3 Å². The first-order valence-electron chi connectivity index (χ1n) is 7.44. The highest BCUT2D eigenvalue weighted by atomic mass is 79.9. The van der Waals surface area contributed by atoms with Crippen molar-refractivity contribution in [3.05, 3.63) is 56.4 Å². The van der Waals surface area contributed by atoms with Gasteiger partial charge in [0.15, 0.2) is 0 Å². The van der Waals surface area contributed by atoms with Gasteiger partial charge in [-0.25, -0.2) is 0 Å². The SMILES string of the molecule is CNC(=O)c1c(-n2ccc(C)cc2=O)oc2cc(N(C)S)c(Br)cc12. The molecule has 1 aromatic carbocycles. The average molecular weight is 422 g/mol. The van der Waals surface area contributed by atoms with Crippen LogP contribution in [0.4, 0.5) is 5.69 Å². The summed E-state index contributed by atoms with van der Waals surface area (Å²) in [5, 5.41) is 3.21. The molecule has 3 rings (SSSR count). The van der Waals surface area contributed by atoms with Crippen molar-refractivity contribution in [1.29, 1.82) is 0 Å². The van der Waals surface area contributed by atoms with Crippen LogP contribution in [0.5, 0.6) is 0 Å². The Morgan fingerprint density at radius 1 is 1.36 bits per heavy atom. The van der Waals surface area contributed by atoms with E-state index in [1.165, 1.54) is 17.7 Å². The van der Waals surface area contributed by atoms with E-state index in [0.717, 1.165) is 15.7 Å². The number of pyridine rings is 1. The lowest BCUT2D eigenvalue weighted by Gasteiger charge is -2.12. The van der Waals surface area contributed by atoms with Gasteiger partial charge in [-0.15, -0.1) is 0 Å². The Bertz CT molecular complexity index is 1040. The van der Waals surface area contributed by atoms with E-state index in [9.17, 15) is 9.59 Å². The quantitative estimate of drug-likeness (QED) is 0.636. The topological polar surface area (TPSA) is 67.5 Å². The van der Waals surface area contributed by atoms with E-state index in [4.69, 9.17) is 4.42 Å². The third-order valence-electron chi connectivity index (χ3n) is 3.84. The van der Waals surface area contributed by atoms with Gasteiger partial charge in [0.2, 0.25) is 5.88 Å². The molecule has 0 aliphatic carbocycles. The fourth-order valence-corrected chi connectivity index (χ4v) is 3.51. The number of rotatable bonds is 3. The van der Waals surface area contributed by atoms with Crippen LogP contribution in [0.3, 0.4) is 0 Å². The van der Waals surface area contributed by atoms with E-state index < -0.39 is 0 Å². The highest BCUT2D eigenvalue weighted by molar-refractivity contribution is 9.10. The third kappa shape index (κ3) is 3.07. The van der Waals surface area contributed by atoms with Gasteiger partial charge in [0.05, 0.1) is 5.69 Å². The smallest absolute Gasteiger partial charge is 0.257 e. The number of fused-ring (bicyclic) bond motifs is 1. The Morgan fingerprint density at radius 2 is 2.08 bits per heavy atom. The molecule has 0 saturated heterocycles. The molecule has 0 spiro atoms. The van der Waals surface area contributed by atoms with Crippen molar-refractivity contribution in [1.82, 2.24) is 9.88 Å². The number of halogens is 1. The zero-order chi connectivity index (χ0) is 18.3. The summed E-state index contributed by atoms with van der Waals surface area (Å²) in [7, 11) is 3.32. The van der Waals surface area contributed by atoms with Gasteiger partial charge < -0.3 is 14.0 Å². The number of aromatic nitrogens is 1. The van der Waals surface area contributed by atoms with Crippen molar-refractivity contribution < 1.29 is 9.21 Å². The van der Waals surface area contributed by atoms with Crippen molar-refractivity contribution in [2.45, 2.75) is 6.92 Å². The molecule has 1 amide bonds. The van der Waals surface area contributed by atoms with Gasteiger partial charge in [-0.05, 0) is 40.5 Å². The van der Waals surface area contributed by atoms with Crippen LogP contribution in [0.1, 0.15) is 15.9 Å². The van der Waals surface area contributed by atoms with Crippen molar-refractivity contribution in [3.63, 3.8) is 0 Å². The number of nitrogens with zero attached hydrogens (tertiary/aromatic N) is 2. The molecule has 25 heavy (non-hydrogen) atoms. The van der Waals surface area contributed by atoms with Crippen LogP contribution >= 0.6 is 28.7 Å². The Balaban J connectivity index is 2.38. The number of hydrogen-bond acceptors (Lipinski definition) is 5. The van der Waals surface area contributed by atoms with Crippen molar-refractivity contribution in [2.24, 2.45) is 0 Å². The fourth-order valence-electron chi connectivity index (χ4n) is 2.60. The Hall–Kier alpha value is -2.19. The second kappa shape index (κ2) is 6.61.